The molecule has 2 aromatic carbocycles. The Morgan fingerprint density at radius 3 is 2.57 bits per heavy atom. The predicted molar refractivity (Wildman–Crippen MR) is 130 cm³/mol. The number of nitrogens with zero attached hydrogens (tertiary/aromatic N) is 1. The van der Waals surface area contributed by atoms with Gasteiger partial charge in [-0.15, -0.1) is 6.58 Å². The Labute approximate surface area is 204 Å². The van der Waals surface area contributed by atoms with Gasteiger partial charge in [0.05, 0.1) is 12.1 Å². The number of aliphatic hydroxyl groups excluding tert-OH is 2. The van der Waals surface area contributed by atoms with E-state index < -0.39 is 42.0 Å². The number of amides is 3. The van der Waals surface area contributed by atoms with Crippen LogP contribution in [0.2, 0.25) is 0 Å². The van der Waals surface area contributed by atoms with E-state index in [2.05, 4.69) is 17.2 Å². The summed E-state index contributed by atoms with van der Waals surface area (Å²) in [6.07, 6.45) is -0.917. The predicted octanol–water partition coefficient (Wildman–Crippen LogP) is 0.667. The molecule has 186 valence electrons. The number of phenols is 1. The number of β-amino-alcohol motifs (C(OH)–C–C–N with tert-alkyl or cyclic N) is 1. The van der Waals surface area contributed by atoms with Crippen LogP contribution in [0.5, 0.6) is 5.75 Å². The molecule has 0 spiro atoms. The van der Waals surface area contributed by atoms with Gasteiger partial charge in [-0.2, -0.15) is 0 Å². The second-order valence-electron chi connectivity index (χ2n) is 8.59. The maximum atomic E-state index is 13.3. The first kappa shape index (κ1) is 25.9. The largest absolute Gasteiger partial charge is 0.508 e. The van der Waals surface area contributed by atoms with Crippen LogP contribution in [0.15, 0.2) is 61.2 Å². The second kappa shape index (κ2) is 11.6. The highest BCUT2D eigenvalue weighted by molar-refractivity contribution is 5.97. The molecule has 9 nitrogen and oxygen atoms in total. The summed E-state index contributed by atoms with van der Waals surface area (Å²) in [6, 6.07) is 11.6. The first-order valence-electron chi connectivity index (χ1n) is 11.4. The number of aliphatic hydroxyl groups is 2. The van der Waals surface area contributed by atoms with Crippen LogP contribution in [0.25, 0.3) is 0 Å². The molecule has 0 bridgehead atoms. The molecule has 0 radical (unpaired) electrons. The summed E-state index contributed by atoms with van der Waals surface area (Å²) < 4.78 is 0. The Morgan fingerprint density at radius 1 is 1.17 bits per heavy atom. The summed E-state index contributed by atoms with van der Waals surface area (Å²) in [5.74, 6) is -1.84. The number of aromatic hydroxyl groups is 1. The quantitative estimate of drug-likeness (QED) is 0.334. The summed E-state index contributed by atoms with van der Waals surface area (Å²) >= 11 is 0. The van der Waals surface area contributed by atoms with E-state index in [0.717, 1.165) is 10.5 Å². The van der Waals surface area contributed by atoms with Crippen molar-refractivity contribution in [2.24, 2.45) is 0 Å². The number of rotatable bonds is 9. The van der Waals surface area contributed by atoms with Crippen molar-refractivity contribution in [2.75, 3.05) is 13.1 Å². The zero-order valence-corrected chi connectivity index (χ0v) is 19.6. The van der Waals surface area contributed by atoms with E-state index in [0.29, 0.717) is 5.56 Å². The molecule has 1 heterocycles. The number of likely N-dealkylation sites (tertiary alicyclic amines) is 1. The van der Waals surface area contributed by atoms with Gasteiger partial charge in [0, 0.05) is 30.6 Å². The SMILES string of the molecule is C=CCNC(=O)[C@@H]1C[C@@H](O)CN1C(=O)[C@@H](O)[C@H](Cc1ccccc1)NC(=O)c1cccc(O)c1C. The number of hydrogen-bond donors (Lipinski definition) is 5. The molecule has 0 saturated carbocycles. The minimum absolute atomic E-state index is 0.0413. The lowest BCUT2D eigenvalue weighted by Gasteiger charge is -2.30. The molecule has 1 fully saturated rings. The van der Waals surface area contributed by atoms with E-state index in [4.69, 9.17) is 0 Å². The van der Waals surface area contributed by atoms with Crippen LogP contribution in [0.1, 0.15) is 27.9 Å². The highest BCUT2D eigenvalue weighted by Gasteiger charge is 2.42. The van der Waals surface area contributed by atoms with Crippen LogP contribution in [0, 0.1) is 6.92 Å². The van der Waals surface area contributed by atoms with E-state index in [9.17, 15) is 29.7 Å². The monoisotopic (exact) mass is 481 g/mol. The lowest BCUT2D eigenvalue weighted by atomic mass is 9.98. The number of nitrogens with one attached hydrogen (secondary N) is 2. The van der Waals surface area contributed by atoms with Gasteiger partial charge in [-0.3, -0.25) is 14.4 Å². The first-order chi connectivity index (χ1) is 16.7. The van der Waals surface area contributed by atoms with Crippen molar-refractivity contribution < 1.29 is 29.7 Å². The lowest BCUT2D eigenvalue weighted by Crippen LogP contribution is -2.55. The number of carbonyl (C=O) groups excluding carboxylic acids is 3. The van der Waals surface area contributed by atoms with Crippen molar-refractivity contribution in [1.82, 2.24) is 15.5 Å². The Balaban J connectivity index is 1.85. The molecule has 1 aliphatic rings. The average molecular weight is 482 g/mol. The molecule has 9 heteroatoms. The molecule has 5 N–H and O–H groups in total. The minimum Gasteiger partial charge on any atom is -0.508 e. The van der Waals surface area contributed by atoms with Crippen molar-refractivity contribution in [3.8, 4) is 5.75 Å². The molecular weight excluding hydrogens is 450 g/mol. The van der Waals surface area contributed by atoms with Crippen LogP contribution in [-0.2, 0) is 16.0 Å². The van der Waals surface area contributed by atoms with E-state index in [1.54, 1.807) is 31.2 Å². The number of benzene rings is 2. The van der Waals surface area contributed by atoms with Gasteiger partial charge in [-0.1, -0.05) is 42.5 Å². The van der Waals surface area contributed by atoms with Crippen LogP contribution >= 0.6 is 0 Å². The van der Waals surface area contributed by atoms with Gasteiger partial charge in [0.1, 0.15) is 11.8 Å². The maximum absolute atomic E-state index is 13.3. The third kappa shape index (κ3) is 6.26. The molecule has 4 atom stereocenters. The van der Waals surface area contributed by atoms with Gasteiger partial charge in [0.2, 0.25) is 5.91 Å². The highest BCUT2D eigenvalue weighted by Crippen LogP contribution is 2.22. The lowest BCUT2D eigenvalue weighted by molar-refractivity contribution is -0.146. The molecule has 3 rings (SSSR count). The van der Waals surface area contributed by atoms with Gasteiger partial charge < -0.3 is 30.9 Å². The summed E-state index contributed by atoms with van der Waals surface area (Å²) in [4.78, 5) is 40.1. The van der Waals surface area contributed by atoms with Crippen LogP contribution in [0.3, 0.4) is 0 Å². The van der Waals surface area contributed by atoms with Crippen LogP contribution < -0.4 is 10.6 Å². The number of phenolic OH excluding ortho intramolecular Hbond substituents is 1. The van der Waals surface area contributed by atoms with Gasteiger partial charge in [-0.25, -0.2) is 0 Å². The fourth-order valence-corrected chi connectivity index (χ4v) is 4.16. The zero-order valence-electron chi connectivity index (χ0n) is 19.6. The van der Waals surface area contributed by atoms with Crippen LogP contribution in [0.4, 0.5) is 0 Å². The Hall–Kier alpha value is -3.69. The zero-order chi connectivity index (χ0) is 25.5. The molecule has 0 aliphatic carbocycles. The van der Waals surface area contributed by atoms with Gasteiger partial charge in [0.15, 0.2) is 6.10 Å². The smallest absolute Gasteiger partial charge is 0.254 e. The summed E-state index contributed by atoms with van der Waals surface area (Å²) in [6.45, 7) is 5.23. The van der Waals surface area contributed by atoms with E-state index in [1.807, 2.05) is 6.07 Å². The van der Waals surface area contributed by atoms with Crippen molar-refractivity contribution >= 4 is 17.7 Å². The molecule has 1 aliphatic heterocycles. The van der Waals surface area contributed by atoms with Gasteiger partial charge >= 0.3 is 0 Å². The normalized spacial score (nSPS) is 19.0. The average Bonchev–Trinajstić information content (AvgIpc) is 3.25. The fraction of sp³-hybridized carbons (Fsp3) is 0.346. The van der Waals surface area contributed by atoms with Crippen molar-refractivity contribution in [1.29, 1.82) is 0 Å². The summed E-state index contributed by atoms with van der Waals surface area (Å²) in [5.41, 5.74) is 1.35. The Bertz CT molecular complexity index is 1070. The maximum Gasteiger partial charge on any atom is 0.254 e. The van der Waals surface area contributed by atoms with E-state index in [1.165, 1.54) is 24.3 Å². The molecular formula is C26H31N3O6. The molecule has 0 aromatic heterocycles. The fourth-order valence-electron chi connectivity index (χ4n) is 4.16. The third-order valence-corrected chi connectivity index (χ3v) is 6.08. The number of carbonyl (C=O) groups is 3. The molecule has 3 amide bonds. The minimum atomic E-state index is -1.68. The Morgan fingerprint density at radius 2 is 1.89 bits per heavy atom. The topological polar surface area (TPSA) is 139 Å². The first-order valence-corrected chi connectivity index (χ1v) is 11.4. The van der Waals surface area contributed by atoms with Crippen molar-refractivity contribution in [3.63, 3.8) is 0 Å². The Kier molecular flexibility index (Phi) is 8.62. The van der Waals surface area contributed by atoms with Crippen LogP contribution in [-0.4, -0.2) is 75.3 Å². The van der Waals surface area contributed by atoms with Crippen molar-refractivity contribution in [3.05, 3.63) is 77.9 Å². The van der Waals surface area contributed by atoms with E-state index in [-0.39, 0.29) is 37.2 Å². The van der Waals surface area contributed by atoms with E-state index >= 15 is 0 Å². The van der Waals surface area contributed by atoms with Gasteiger partial charge in [-0.05, 0) is 31.0 Å². The second-order valence-corrected chi connectivity index (χ2v) is 8.59. The molecule has 0 unspecified atom stereocenters. The summed E-state index contributed by atoms with van der Waals surface area (Å²) in [7, 11) is 0. The highest BCUT2D eigenvalue weighted by atomic mass is 16.3. The summed E-state index contributed by atoms with van der Waals surface area (Å²) in [5, 5.41) is 36.5. The number of hydrogen-bond acceptors (Lipinski definition) is 6. The van der Waals surface area contributed by atoms with Gasteiger partial charge in [0.25, 0.3) is 11.8 Å². The third-order valence-electron chi connectivity index (χ3n) is 6.08. The molecule has 35 heavy (non-hydrogen) atoms. The standard InChI is InChI=1S/C26H31N3O6/c1-3-12-27-25(34)21-14-18(30)15-29(21)26(35)23(32)20(13-17-8-5-4-6-9-17)28-24(33)19-10-7-11-22(31)16(19)2/h3-11,18,20-21,23,30-32H,1,12-15H2,2H3,(H,27,34)(H,28,33)/t18-,20+,21+,23+/m1/s1. The van der Waals surface area contributed by atoms with Crippen molar-refractivity contribution in [2.45, 2.75) is 44.1 Å². The molecule has 2 aromatic rings. The molecule has 1 saturated heterocycles.